The van der Waals surface area contributed by atoms with Crippen LogP contribution in [-0.2, 0) is 11.2 Å². The number of carbonyl (C=O) groups excluding carboxylic acids is 1. The average Bonchev–Trinajstić information content (AvgIpc) is 2.91. The maximum atomic E-state index is 11.8. The summed E-state index contributed by atoms with van der Waals surface area (Å²) in [5, 5.41) is 3.34. The van der Waals surface area contributed by atoms with Gasteiger partial charge < -0.3 is 19.7 Å². The van der Waals surface area contributed by atoms with Crippen LogP contribution in [0.5, 0.6) is 11.5 Å². The number of amides is 1. The highest BCUT2D eigenvalue weighted by Crippen LogP contribution is 2.32. The van der Waals surface area contributed by atoms with E-state index in [0.717, 1.165) is 24.3 Å². The van der Waals surface area contributed by atoms with Crippen molar-refractivity contribution in [3.63, 3.8) is 0 Å². The summed E-state index contributed by atoms with van der Waals surface area (Å²) < 4.78 is 10.7. The Morgan fingerprint density at radius 1 is 1.29 bits per heavy atom. The zero-order chi connectivity index (χ0) is 15.4. The molecule has 0 saturated heterocycles. The largest absolute Gasteiger partial charge is 0.454 e. The van der Waals surface area contributed by atoms with Crippen molar-refractivity contribution in [3.8, 4) is 11.5 Å². The molecular weight excluding hydrogens is 268 g/mol. The Kier molecular flexibility index (Phi) is 5.07. The molecule has 0 aromatic heterocycles. The number of hydrogen-bond acceptors (Lipinski definition) is 4. The Bertz CT molecular complexity index is 502. The van der Waals surface area contributed by atoms with Gasteiger partial charge in [0.15, 0.2) is 11.5 Å². The molecular formula is C16H24N2O3. The first kappa shape index (κ1) is 15.6. The van der Waals surface area contributed by atoms with Gasteiger partial charge in [0.2, 0.25) is 12.7 Å². The third kappa shape index (κ3) is 4.11. The fraction of sp³-hybridized carbons (Fsp3) is 0.562. The Morgan fingerprint density at radius 3 is 2.71 bits per heavy atom. The van der Waals surface area contributed by atoms with Crippen LogP contribution in [0.3, 0.4) is 0 Å². The highest BCUT2D eigenvalue weighted by molar-refractivity contribution is 5.80. The van der Waals surface area contributed by atoms with Crippen molar-refractivity contribution in [2.24, 2.45) is 0 Å². The Labute approximate surface area is 126 Å². The number of ether oxygens (including phenoxy) is 2. The van der Waals surface area contributed by atoms with Crippen molar-refractivity contribution < 1.29 is 14.3 Å². The molecule has 0 fully saturated rings. The highest BCUT2D eigenvalue weighted by atomic mass is 16.7. The van der Waals surface area contributed by atoms with Gasteiger partial charge in [-0.25, -0.2) is 0 Å². The summed E-state index contributed by atoms with van der Waals surface area (Å²) in [7, 11) is 3.55. The zero-order valence-corrected chi connectivity index (χ0v) is 13.2. The topological polar surface area (TPSA) is 50.8 Å². The molecule has 21 heavy (non-hydrogen) atoms. The van der Waals surface area contributed by atoms with Gasteiger partial charge in [-0.3, -0.25) is 4.79 Å². The van der Waals surface area contributed by atoms with E-state index in [1.165, 1.54) is 5.56 Å². The number of rotatable bonds is 6. The minimum absolute atomic E-state index is 0.102. The van der Waals surface area contributed by atoms with E-state index >= 15 is 0 Å². The molecule has 0 aliphatic carbocycles. The maximum Gasteiger partial charge on any atom is 0.238 e. The van der Waals surface area contributed by atoms with Crippen molar-refractivity contribution in [1.82, 2.24) is 10.2 Å². The molecule has 1 aliphatic heterocycles. The van der Waals surface area contributed by atoms with Crippen molar-refractivity contribution in [2.75, 3.05) is 20.9 Å². The standard InChI is InChI=1S/C16H24N2O3/c1-11(17-12(2)16(19)18(3)4)5-6-13-7-8-14-15(9-13)21-10-20-14/h7-9,11-12,17H,5-6,10H2,1-4H3. The fourth-order valence-corrected chi connectivity index (χ4v) is 2.45. The summed E-state index contributed by atoms with van der Waals surface area (Å²) in [6.07, 6.45) is 1.90. The quantitative estimate of drug-likeness (QED) is 0.868. The molecule has 0 spiro atoms. The summed E-state index contributed by atoms with van der Waals surface area (Å²) in [4.78, 5) is 13.4. The van der Waals surface area contributed by atoms with Crippen LogP contribution in [0.2, 0.25) is 0 Å². The van der Waals surface area contributed by atoms with E-state index in [0.29, 0.717) is 6.79 Å². The molecule has 1 aromatic rings. The maximum absolute atomic E-state index is 11.8. The number of nitrogens with zero attached hydrogens (tertiary/aromatic N) is 1. The van der Waals surface area contributed by atoms with Crippen molar-refractivity contribution >= 4 is 5.91 Å². The van der Waals surface area contributed by atoms with E-state index in [2.05, 4.69) is 18.3 Å². The molecule has 2 rings (SSSR count). The molecule has 0 saturated carbocycles. The monoisotopic (exact) mass is 292 g/mol. The van der Waals surface area contributed by atoms with E-state index < -0.39 is 0 Å². The molecule has 1 amide bonds. The van der Waals surface area contributed by atoms with Crippen molar-refractivity contribution in [2.45, 2.75) is 38.8 Å². The van der Waals surface area contributed by atoms with Gasteiger partial charge in [-0.2, -0.15) is 0 Å². The van der Waals surface area contributed by atoms with Crippen LogP contribution in [0.4, 0.5) is 0 Å². The predicted octanol–water partition coefficient (Wildman–Crippen LogP) is 1.80. The molecule has 1 heterocycles. The van der Waals surface area contributed by atoms with Gasteiger partial charge in [-0.05, 0) is 44.4 Å². The Balaban J connectivity index is 1.81. The summed E-state index contributed by atoms with van der Waals surface area (Å²) in [6.45, 7) is 4.31. The van der Waals surface area contributed by atoms with E-state index in [4.69, 9.17) is 9.47 Å². The lowest BCUT2D eigenvalue weighted by Crippen LogP contribution is -2.45. The minimum Gasteiger partial charge on any atom is -0.454 e. The van der Waals surface area contributed by atoms with Gasteiger partial charge in [0.1, 0.15) is 0 Å². The Morgan fingerprint density at radius 2 is 2.00 bits per heavy atom. The van der Waals surface area contributed by atoms with E-state index in [1.807, 2.05) is 19.1 Å². The van der Waals surface area contributed by atoms with Crippen LogP contribution in [0, 0.1) is 0 Å². The first-order chi connectivity index (χ1) is 9.97. The van der Waals surface area contributed by atoms with Crippen LogP contribution < -0.4 is 14.8 Å². The van der Waals surface area contributed by atoms with Crippen molar-refractivity contribution in [3.05, 3.63) is 23.8 Å². The zero-order valence-electron chi connectivity index (χ0n) is 13.2. The third-order valence-electron chi connectivity index (χ3n) is 3.65. The lowest BCUT2D eigenvalue weighted by molar-refractivity contribution is -0.130. The molecule has 116 valence electrons. The average molecular weight is 292 g/mol. The molecule has 1 aromatic carbocycles. The van der Waals surface area contributed by atoms with Gasteiger partial charge >= 0.3 is 0 Å². The van der Waals surface area contributed by atoms with Crippen LogP contribution in [0.1, 0.15) is 25.8 Å². The number of carbonyl (C=O) groups is 1. The molecule has 2 atom stereocenters. The van der Waals surface area contributed by atoms with Gasteiger partial charge in [-0.1, -0.05) is 6.07 Å². The van der Waals surface area contributed by atoms with Gasteiger partial charge in [0, 0.05) is 20.1 Å². The summed E-state index contributed by atoms with van der Waals surface area (Å²) in [5.74, 6) is 1.74. The normalized spacial score (nSPS) is 15.6. The predicted molar refractivity (Wildman–Crippen MR) is 81.6 cm³/mol. The van der Waals surface area contributed by atoms with Gasteiger partial charge in [0.05, 0.1) is 6.04 Å². The molecule has 2 unspecified atom stereocenters. The number of likely N-dealkylation sites (N-methyl/N-ethyl adjacent to an activating group) is 1. The van der Waals surface area contributed by atoms with Gasteiger partial charge in [-0.15, -0.1) is 0 Å². The number of benzene rings is 1. The molecule has 1 N–H and O–H groups in total. The number of aryl methyl sites for hydroxylation is 1. The highest BCUT2D eigenvalue weighted by Gasteiger charge is 2.17. The lowest BCUT2D eigenvalue weighted by atomic mass is 10.0. The van der Waals surface area contributed by atoms with Crippen LogP contribution >= 0.6 is 0 Å². The lowest BCUT2D eigenvalue weighted by Gasteiger charge is -2.22. The second kappa shape index (κ2) is 6.80. The van der Waals surface area contributed by atoms with Crippen LogP contribution in [0.15, 0.2) is 18.2 Å². The van der Waals surface area contributed by atoms with Crippen LogP contribution in [-0.4, -0.2) is 43.8 Å². The first-order valence-electron chi connectivity index (χ1n) is 7.33. The number of fused-ring (bicyclic) bond motifs is 1. The SMILES string of the molecule is CC(CCc1ccc2c(c1)OCO2)NC(C)C(=O)N(C)C. The fourth-order valence-electron chi connectivity index (χ4n) is 2.45. The van der Waals surface area contributed by atoms with E-state index in [-0.39, 0.29) is 18.0 Å². The second-order valence-electron chi connectivity index (χ2n) is 5.75. The van der Waals surface area contributed by atoms with Crippen LogP contribution in [0.25, 0.3) is 0 Å². The summed E-state index contributed by atoms with van der Waals surface area (Å²) >= 11 is 0. The third-order valence-corrected chi connectivity index (χ3v) is 3.65. The molecule has 1 aliphatic rings. The van der Waals surface area contributed by atoms with E-state index in [1.54, 1.807) is 19.0 Å². The van der Waals surface area contributed by atoms with Crippen molar-refractivity contribution in [1.29, 1.82) is 0 Å². The number of nitrogens with one attached hydrogen (secondary N) is 1. The summed E-state index contributed by atoms with van der Waals surface area (Å²) in [6, 6.07) is 6.16. The minimum atomic E-state index is -0.160. The molecule has 5 nitrogen and oxygen atoms in total. The number of hydrogen-bond donors (Lipinski definition) is 1. The Hall–Kier alpha value is -1.75. The molecule has 5 heteroatoms. The molecule has 0 bridgehead atoms. The van der Waals surface area contributed by atoms with E-state index in [9.17, 15) is 4.79 Å². The molecule has 0 radical (unpaired) electrons. The smallest absolute Gasteiger partial charge is 0.238 e. The summed E-state index contributed by atoms with van der Waals surface area (Å²) in [5.41, 5.74) is 1.22. The first-order valence-corrected chi connectivity index (χ1v) is 7.33. The van der Waals surface area contributed by atoms with Gasteiger partial charge in [0.25, 0.3) is 0 Å². The second-order valence-corrected chi connectivity index (χ2v) is 5.75.